The molecular weight excluding hydrogens is 336 g/mol. The Morgan fingerprint density at radius 2 is 2.12 bits per heavy atom. The third-order valence-corrected chi connectivity index (χ3v) is 4.09. The van der Waals surface area contributed by atoms with Crippen LogP contribution < -0.4 is 10.1 Å². The lowest BCUT2D eigenvalue weighted by molar-refractivity contribution is -0.113. The van der Waals surface area contributed by atoms with Crippen LogP contribution in [0.3, 0.4) is 0 Å². The van der Waals surface area contributed by atoms with Gasteiger partial charge in [0, 0.05) is 12.1 Å². The van der Waals surface area contributed by atoms with Gasteiger partial charge >= 0.3 is 0 Å². The fraction of sp³-hybridized carbons (Fsp3) is 0.125. The van der Waals surface area contributed by atoms with E-state index in [9.17, 15) is 13.6 Å². The van der Waals surface area contributed by atoms with Crippen LogP contribution in [-0.2, 0) is 4.79 Å². The molecule has 3 rings (SSSR count). The van der Waals surface area contributed by atoms with Crippen molar-refractivity contribution in [3.8, 4) is 5.75 Å². The van der Waals surface area contributed by atoms with Crippen molar-refractivity contribution in [1.82, 2.24) is 9.97 Å². The number of carbonyl (C=O) groups excluding carboxylic acids is 1. The Bertz CT molecular complexity index is 898. The van der Waals surface area contributed by atoms with Gasteiger partial charge in [-0.3, -0.25) is 4.79 Å². The van der Waals surface area contributed by atoms with Gasteiger partial charge in [-0.05, 0) is 24.3 Å². The molecule has 124 valence electrons. The van der Waals surface area contributed by atoms with E-state index in [-0.39, 0.29) is 11.4 Å². The maximum absolute atomic E-state index is 13.5. The topological polar surface area (TPSA) is 67.0 Å². The minimum absolute atomic E-state index is 0.0355. The Kier molecular flexibility index (Phi) is 4.66. The highest BCUT2D eigenvalue weighted by Crippen LogP contribution is 2.23. The number of methoxy groups -OCH3 is 1. The number of nitrogens with zero attached hydrogens (tertiary/aromatic N) is 1. The molecule has 0 fully saturated rings. The van der Waals surface area contributed by atoms with E-state index in [0.29, 0.717) is 10.9 Å². The number of thioether (sulfide) groups is 1. The molecule has 0 aliphatic rings. The molecule has 0 aliphatic heterocycles. The van der Waals surface area contributed by atoms with Crippen LogP contribution in [0.1, 0.15) is 0 Å². The Hall–Kier alpha value is -2.61. The van der Waals surface area contributed by atoms with E-state index in [4.69, 9.17) is 4.74 Å². The number of rotatable bonds is 5. The zero-order valence-corrected chi connectivity index (χ0v) is 13.4. The van der Waals surface area contributed by atoms with Crippen molar-refractivity contribution in [1.29, 1.82) is 0 Å². The predicted molar refractivity (Wildman–Crippen MR) is 88.4 cm³/mol. The second-order valence-corrected chi connectivity index (χ2v) is 5.85. The molecule has 0 aliphatic carbocycles. The maximum atomic E-state index is 13.5. The van der Waals surface area contributed by atoms with Crippen LogP contribution in [0.15, 0.2) is 41.6 Å². The van der Waals surface area contributed by atoms with E-state index in [1.165, 1.54) is 17.8 Å². The number of imidazole rings is 1. The number of carbonyl (C=O) groups is 1. The molecule has 0 spiro atoms. The van der Waals surface area contributed by atoms with Crippen LogP contribution in [0.4, 0.5) is 14.5 Å². The molecule has 0 atom stereocenters. The molecule has 1 aromatic heterocycles. The lowest BCUT2D eigenvalue weighted by atomic mass is 10.3. The lowest BCUT2D eigenvalue weighted by Crippen LogP contribution is -2.15. The summed E-state index contributed by atoms with van der Waals surface area (Å²) >= 11 is 1.18. The standard InChI is InChI=1S/C16H13F2N3O2S/c1-23-10-3-5-13-14(7-10)21-16(20-13)24-8-15(22)19-12-4-2-9(17)6-11(12)18/h2-7H,8H2,1H3,(H,19,22)(H,20,21). The number of halogens is 2. The highest BCUT2D eigenvalue weighted by molar-refractivity contribution is 7.99. The molecule has 1 heterocycles. The van der Waals surface area contributed by atoms with Crippen LogP contribution in [0.25, 0.3) is 11.0 Å². The zero-order chi connectivity index (χ0) is 17.1. The summed E-state index contributed by atoms with van der Waals surface area (Å²) < 4.78 is 31.5. The molecule has 5 nitrogen and oxygen atoms in total. The number of hydrogen-bond donors (Lipinski definition) is 2. The van der Waals surface area contributed by atoms with E-state index in [2.05, 4.69) is 15.3 Å². The van der Waals surface area contributed by atoms with Crippen molar-refractivity contribution in [3.05, 3.63) is 48.0 Å². The van der Waals surface area contributed by atoms with Gasteiger partial charge in [-0.1, -0.05) is 11.8 Å². The molecular formula is C16H13F2N3O2S. The lowest BCUT2D eigenvalue weighted by Gasteiger charge is -2.05. The molecule has 3 aromatic rings. The highest BCUT2D eigenvalue weighted by atomic mass is 32.2. The summed E-state index contributed by atoms with van der Waals surface area (Å²) in [5.74, 6) is -1.19. The third kappa shape index (κ3) is 3.65. The monoisotopic (exact) mass is 349 g/mol. The molecule has 2 N–H and O–H groups in total. The maximum Gasteiger partial charge on any atom is 0.234 e. The number of nitrogens with one attached hydrogen (secondary N) is 2. The van der Waals surface area contributed by atoms with E-state index >= 15 is 0 Å². The van der Waals surface area contributed by atoms with Gasteiger partial charge in [0.15, 0.2) is 5.16 Å². The Morgan fingerprint density at radius 3 is 2.88 bits per heavy atom. The predicted octanol–water partition coefficient (Wildman–Crippen LogP) is 3.58. The number of anilines is 1. The minimum Gasteiger partial charge on any atom is -0.497 e. The van der Waals surface area contributed by atoms with E-state index in [1.54, 1.807) is 19.2 Å². The van der Waals surface area contributed by atoms with Crippen LogP contribution in [0.2, 0.25) is 0 Å². The second-order valence-electron chi connectivity index (χ2n) is 4.89. The van der Waals surface area contributed by atoms with Gasteiger partial charge in [-0.2, -0.15) is 0 Å². The van der Waals surface area contributed by atoms with Crippen LogP contribution >= 0.6 is 11.8 Å². The smallest absolute Gasteiger partial charge is 0.234 e. The first-order valence-electron chi connectivity index (χ1n) is 6.96. The second kappa shape index (κ2) is 6.88. The van der Waals surface area contributed by atoms with Crippen LogP contribution in [-0.4, -0.2) is 28.7 Å². The molecule has 0 unspecified atom stereocenters. The van der Waals surface area contributed by atoms with E-state index in [1.807, 2.05) is 6.07 Å². The molecule has 0 radical (unpaired) electrons. The number of aromatic amines is 1. The number of H-pyrrole nitrogens is 1. The summed E-state index contributed by atoms with van der Waals surface area (Å²) in [6.07, 6.45) is 0. The summed E-state index contributed by atoms with van der Waals surface area (Å²) in [6, 6.07) is 8.39. The summed E-state index contributed by atoms with van der Waals surface area (Å²) in [5.41, 5.74) is 1.49. The van der Waals surface area contributed by atoms with Gasteiger partial charge in [0.25, 0.3) is 0 Å². The largest absolute Gasteiger partial charge is 0.497 e. The van der Waals surface area contributed by atoms with Crippen molar-refractivity contribution in [2.45, 2.75) is 5.16 Å². The summed E-state index contributed by atoms with van der Waals surface area (Å²) in [7, 11) is 1.58. The summed E-state index contributed by atoms with van der Waals surface area (Å²) in [6.45, 7) is 0. The number of ether oxygens (including phenoxy) is 1. The van der Waals surface area contributed by atoms with Crippen molar-refractivity contribution in [3.63, 3.8) is 0 Å². The molecule has 0 saturated heterocycles. The van der Waals surface area contributed by atoms with Crippen LogP contribution in [0, 0.1) is 11.6 Å². The molecule has 0 saturated carbocycles. The Balaban J connectivity index is 1.63. The first-order valence-corrected chi connectivity index (χ1v) is 7.95. The van der Waals surface area contributed by atoms with E-state index in [0.717, 1.165) is 23.2 Å². The summed E-state index contributed by atoms with van der Waals surface area (Å²) in [5, 5.41) is 2.96. The number of fused-ring (bicyclic) bond motifs is 1. The van der Waals surface area contributed by atoms with Gasteiger partial charge < -0.3 is 15.0 Å². The number of hydrogen-bond acceptors (Lipinski definition) is 4. The van der Waals surface area contributed by atoms with E-state index < -0.39 is 17.5 Å². The van der Waals surface area contributed by atoms with Crippen molar-refractivity contribution < 1.29 is 18.3 Å². The van der Waals surface area contributed by atoms with Crippen molar-refractivity contribution in [2.75, 3.05) is 18.2 Å². The van der Waals surface area contributed by atoms with Gasteiger partial charge in [0.05, 0.1) is 29.6 Å². The third-order valence-electron chi connectivity index (χ3n) is 3.21. The minimum atomic E-state index is -0.816. The zero-order valence-electron chi connectivity index (χ0n) is 12.6. The quantitative estimate of drug-likeness (QED) is 0.691. The molecule has 24 heavy (non-hydrogen) atoms. The number of aromatic nitrogens is 2. The van der Waals surface area contributed by atoms with Gasteiger partial charge in [-0.15, -0.1) is 0 Å². The first-order chi connectivity index (χ1) is 11.5. The molecule has 2 aromatic carbocycles. The van der Waals surface area contributed by atoms with Crippen molar-refractivity contribution >= 4 is 34.4 Å². The van der Waals surface area contributed by atoms with Crippen LogP contribution in [0.5, 0.6) is 5.75 Å². The Labute approximate surface area is 140 Å². The first kappa shape index (κ1) is 16.3. The number of benzene rings is 2. The fourth-order valence-corrected chi connectivity index (χ4v) is 2.76. The van der Waals surface area contributed by atoms with Gasteiger partial charge in [0.1, 0.15) is 17.4 Å². The molecule has 8 heteroatoms. The summed E-state index contributed by atoms with van der Waals surface area (Å²) in [4.78, 5) is 19.3. The molecule has 1 amide bonds. The fourth-order valence-electron chi connectivity index (χ4n) is 2.07. The normalized spacial score (nSPS) is 10.8. The van der Waals surface area contributed by atoms with Gasteiger partial charge in [-0.25, -0.2) is 13.8 Å². The SMILES string of the molecule is COc1ccc2nc(SCC(=O)Nc3ccc(F)cc3F)[nH]c2c1. The Morgan fingerprint density at radius 1 is 1.29 bits per heavy atom. The highest BCUT2D eigenvalue weighted by Gasteiger charge is 2.10. The average Bonchev–Trinajstić information content (AvgIpc) is 2.97. The average molecular weight is 349 g/mol. The number of amides is 1. The molecule has 0 bridgehead atoms. The van der Waals surface area contributed by atoms with Gasteiger partial charge in [0.2, 0.25) is 5.91 Å². The van der Waals surface area contributed by atoms with Crippen molar-refractivity contribution in [2.24, 2.45) is 0 Å².